The summed E-state index contributed by atoms with van der Waals surface area (Å²) in [4.78, 5) is 4.57. The summed E-state index contributed by atoms with van der Waals surface area (Å²) in [6, 6.07) is 1.70. The lowest BCUT2D eigenvalue weighted by atomic mass is 10.3. The fourth-order valence-electron chi connectivity index (χ4n) is 2.04. The maximum absolute atomic E-state index is 12.1. The average Bonchev–Trinajstić information content (AvgIpc) is 2.73. The minimum absolute atomic E-state index is 0.375. The number of likely N-dealkylation sites (N-methyl/N-ethyl adjacent to an activating group) is 1. The molecule has 114 valence electrons. The summed E-state index contributed by atoms with van der Waals surface area (Å²) < 4.78 is 28.2. The molecule has 0 spiro atoms. The highest BCUT2D eigenvalue weighted by molar-refractivity contribution is 9.11. The van der Waals surface area contributed by atoms with Gasteiger partial charge >= 0.3 is 0 Å². The van der Waals surface area contributed by atoms with Gasteiger partial charge in [-0.3, -0.25) is 4.90 Å². The maximum Gasteiger partial charge on any atom is 0.250 e. The van der Waals surface area contributed by atoms with E-state index < -0.39 is 10.0 Å². The van der Waals surface area contributed by atoms with E-state index in [1.165, 1.54) is 11.3 Å². The topological polar surface area (TPSA) is 52.7 Å². The smallest absolute Gasteiger partial charge is 0.250 e. The Morgan fingerprint density at radius 1 is 1.35 bits per heavy atom. The zero-order valence-corrected chi connectivity index (χ0v) is 14.9. The van der Waals surface area contributed by atoms with Crippen LogP contribution in [0, 0.1) is 6.92 Å². The number of aryl methyl sites for hydroxylation is 1. The monoisotopic (exact) mass is 381 g/mol. The van der Waals surface area contributed by atoms with Gasteiger partial charge in [0, 0.05) is 39.3 Å². The van der Waals surface area contributed by atoms with E-state index in [9.17, 15) is 8.42 Å². The number of hydrogen-bond donors (Lipinski definition) is 1. The minimum atomic E-state index is -3.37. The van der Waals surface area contributed by atoms with Crippen LogP contribution in [-0.2, 0) is 10.0 Å². The number of piperazine rings is 1. The van der Waals surface area contributed by atoms with Gasteiger partial charge in [0.1, 0.15) is 4.21 Å². The van der Waals surface area contributed by atoms with Gasteiger partial charge in [-0.25, -0.2) is 13.1 Å². The van der Waals surface area contributed by atoms with E-state index in [-0.39, 0.29) is 0 Å². The second kappa shape index (κ2) is 6.85. The van der Waals surface area contributed by atoms with Crippen LogP contribution < -0.4 is 4.72 Å². The summed E-state index contributed by atoms with van der Waals surface area (Å²) in [6.07, 6.45) is 0. The summed E-state index contributed by atoms with van der Waals surface area (Å²) in [5.74, 6) is 0. The molecule has 1 aliphatic rings. The van der Waals surface area contributed by atoms with Gasteiger partial charge in [0.2, 0.25) is 10.0 Å². The number of nitrogens with one attached hydrogen (secondary N) is 1. The Hall–Kier alpha value is 0.01000. The van der Waals surface area contributed by atoms with Gasteiger partial charge in [0.25, 0.3) is 0 Å². The molecule has 2 rings (SSSR count). The number of thiophene rings is 1. The maximum atomic E-state index is 12.1. The van der Waals surface area contributed by atoms with Crippen LogP contribution in [0.3, 0.4) is 0 Å². The van der Waals surface area contributed by atoms with Crippen molar-refractivity contribution in [2.24, 2.45) is 0 Å². The van der Waals surface area contributed by atoms with Crippen LogP contribution in [0.1, 0.15) is 5.56 Å². The number of halogens is 1. The van der Waals surface area contributed by atoms with Gasteiger partial charge in [-0.05, 0) is 41.5 Å². The molecule has 0 atom stereocenters. The van der Waals surface area contributed by atoms with Crippen molar-refractivity contribution in [1.29, 1.82) is 0 Å². The second-order valence-electron chi connectivity index (χ2n) is 5.06. The van der Waals surface area contributed by atoms with E-state index >= 15 is 0 Å². The molecule has 1 aliphatic heterocycles. The third-order valence-corrected chi connectivity index (χ3v) is 7.49. The Morgan fingerprint density at radius 3 is 2.55 bits per heavy atom. The van der Waals surface area contributed by atoms with Crippen LogP contribution in [0.4, 0.5) is 0 Å². The van der Waals surface area contributed by atoms with Crippen LogP contribution in [0.5, 0.6) is 0 Å². The van der Waals surface area contributed by atoms with Gasteiger partial charge in [-0.1, -0.05) is 0 Å². The first-order chi connectivity index (χ1) is 9.38. The molecule has 0 saturated carbocycles. The Morgan fingerprint density at radius 2 is 2.00 bits per heavy atom. The molecule has 1 aromatic rings. The van der Waals surface area contributed by atoms with Crippen molar-refractivity contribution < 1.29 is 8.42 Å². The molecule has 0 aliphatic carbocycles. The Balaban J connectivity index is 1.84. The van der Waals surface area contributed by atoms with Gasteiger partial charge in [0.05, 0.1) is 3.79 Å². The SMILES string of the molecule is Cc1cc(S(=O)(=O)NCCN2CCN(C)CC2)sc1Br. The molecule has 1 aromatic heterocycles. The first-order valence-corrected chi connectivity index (χ1v) is 9.64. The highest BCUT2D eigenvalue weighted by atomic mass is 79.9. The first-order valence-electron chi connectivity index (χ1n) is 6.55. The average molecular weight is 382 g/mol. The minimum Gasteiger partial charge on any atom is -0.304 e. The summed E-state index contributed by atoms with van der Waals surface area (Å²) in [6.45, 7) is 7.21. The quantitative estimate of drug-likeness (QED) is 0.835. The molecule has 0 amide bonds. The first kappa shape index (κ1) is 16.4. The van der Waals surface area contributed by atoms with Gasteiger partial charge in [-0.15, -0.1) is 11.3 Å². The van der Waals surface area contributed by atoms with Crippen LogP contribution in [0.25, 0.3) is 0 Å². The molecular formula is C12H20BrN3O2S2. The molecule has 2 heterocycles. The predicted octanol–water partition coefficient (Wildman–Crippen LogP) is 1.34. The molecule has 1 N–H and O–H groups in total. The number of sulfonamides is 1. The van der Waals surface area contributed by atoms with Crippen LogP contribution in [0.15, 0.2) is 14.1 Å². The van der Waals surface area contributed by atoms with Crippen LogP contribution in [0.2, 0.25) is 0 Å². The van der Waals surface area contributed by atoms with Crippen molar-refractivity contribution >= 4 is 37.3 Å². The van der Waals surface area contributed by atoms with Gasteiger partial charge in [0.15, 0.2) is 0 Å². The van der Waals surface area contributed by atoms with E-state index in [4.69, 9.17) is 0 Å². The van der Waals surface area contributed by atoms with Crippen molar-refractivity contribution in [2.45, 2.75) is 11.1 Å². The zero-order valence-electron chi connectivity index (χ0n) is 11.7. The molecule has 5 nitrogen and oxygen atoms in total. The summed E-state index contributed by atoms with van der Waals surface area (Å²) >= 11 is 4.61. The Kier molecular flexibility index (Phi) is 5.61. The number of nitrogens with zero attached hydrogens (tertiary/aromatic N) is 2. The molecule has 0 aromatic carbocycles. The molecular weight excluding hydrogens is 362 g/mol. The molecule has 1 saturated heterocycles. The molecule has 8 heteroatoms. The van der Waals surface area contributed by atoms with E-state index in [0.29, 0.717) is 10.8 Å². The fraction of sp³-hybridized carbons (Fsp3) is 0.667. The summed E-state index contributed by atoms with van der Waals surface area (Å²) in [7, 11) is -1.26. The summed E-state index contributed by atoms with van der Waals surface area (Å²) in [5, 5.41) is 0. The molecule has 0 radical (unpaired) electrons. The molecule has 1 fully saturated rings. The Labute approximate surface area is 133 Å². The Bertz CT molecular complexity index is 532. The van der Waals surface area contributed by atoms with Crippen molar-refractivity contribution in [3.8, 4) is 0 Å². The second-order valence-corrected chi connectivity index (χ2v) is 9.43. The highest BCUT2D eigenvalue weighted by Gasteiger charge is 2.19. The fourth-order valence-corrected chi connectivity index (χ4v) is 5.34. The van der Waals surface area contributed by atoms with Crippen molar-refractivity contribution in [3.63, 3.8) is 0 Å². The predicted molar refractivity (Wildman–Crippen MR) is 85.9 cm³/mol. The van der Waals surface area contributed by atoms with Crippen LogP contribution in [-0.4, -0.2) is 64.5 Å². The van der Waals surface area contributed by atoms with E-state index in [2.05, 4.69) is 37.5 Å². The number of hydrogen-bond acceptors (Lipinski definition) is 5. The van der Waals surface area contributed by atoms with Crippen LogP contribution >= 0.6 is 27.3 Å². The summed E-state index contributed by atoms with van der Waals surface area (Å²) in [5.41, 5.74) is 0.953. The largest absolute Gasteiger partial charge is 0.304 e. The van der Waals surface area contributed by atoms with Crippen molar-refractivity contribution in [2.75, 3.05) is 46.3 Å². The third-order valence-electron chi connectivity index (χ3n) is 3.42. The lowest BCUT2D eigenvalue weighted by molar-refractivity contribution is 0.156. The third kappa shape index (κ3) is 4.25. The normalized spacial score (nSPS) is 18.6. The highest BCUT2D eigenvalue weighted by Crippen LogP contribution is 2.30. The van der Waals surface area contributed by atoms with E-state index in [0.717, 1.165) is 42.1 Å². The molecule has 0 unspecified atom stereocenters. The standard InChI is InChI=1S/C12H20BrN3O2S2/c1-10-9-11(19-12(10)13)20(17,18)14-3-4-16-7-5-15(2)6-8-16/h9,14H,3-8H2,1-2H3. The van der Waals surface area contributed by atoms with Gasteiger partial charge < -0.3 is 4.90 Å². The van der Waals surface area contributed by atoms with E-state index in [1.54, 1.807) is 6.07 Å². The molecule has 20 heavy (non-hydrogen) atoms. The van der Waals surface area contributed by atoms with E-state index in [1.807, 2.05) is 6.92 Å². The zero-order chi connectivity index (χ0) is 14.8. The molecule has 0 bridgehead atoms. The lowest BCUT2D eigenvalue weighted by Crippen LogP contribution is -2.46. The van der Waals surface area contributed by atoms with Crippen molar-refractivity contribution in [1.82, 2.24) is 14.5 Å². The van der Waals surface area contributed by atoms with Gasteiger partial charge in [-0.2, -0.15) is 0 Å². The van der Waals surface area contributed by atoms with Crippen molar-refractivity contribution in [3.05, 3.63) is 15.4 Å². The number of rotatable bonds is 5. The lowest BCUT2D eigenvalue weighted by Gasteiger charge is -2.32.